The molecule has 0 saturated heterocycles. The summed E-state index contributed by atoms with van der Waals surface area (Å²) >= 11 is 13.8. The SMILES string of the molecule is CCCn1nnnc1CSc1c(Cl)cccc1Cl. The molecule has 0 saturated carbocycles. The predicted molar refractivity (Wildman–Crippen MR) is 74.1 cm³/mol. The minimum atomic E-state index is 0.649. The molecular weight excluding hydrogens is 291 g/mol. The second kappa shape index (κ2) is 6.41. The molecule has 0 spiro atoms. The molecule has 0 N–H and O–H groups in total. The van der Waals surface area contributed by atoms with E-state index in [1.54, 1.807) is 16.4 Å². The number of aryl methyl sites for hydroxylation is 1. The van der Waals surface area contributed by atoms with E-state index in [1.807, 2.05) is 18.2 Å². The molecule has 1 aromatic carbocycles. The van der Waals surface area contributed by atoms with E-state index in [2.05, 4.69) is 22.4 Å². The first-order valence-corrected chi connectivity index (χ1v) is 7.28. The Bertz CT molecular complexity index is 509. The van der Waals surface area contributed by atoms with Crippen LogP contribution in [-0.2, 0) is 12.3 Å². The first kappa shape index (κ1) is 13.6. The van der Waals surface area contributed by atoms with Crippen molar-refractivity contribution in [3.05, 3.63) is 34.1 Å². The maximum Gasteiger partial charge on any atom is 0.161 e. The Morgan fingerprint density at radius 2 is 2.00 bits per heavy atom. The molecule has 7 heteroatoms. The topological polar surface area (TPSA) is 43.6 Å². The molecule has 0 aliphatic carbocycles. The minimum Gasteiger partial charge on any atom is -0.229 e. The molecule has 0 radical (unpaired) electrons. The van der Waals surface area contributed by atoms with Crippen LogP contribution in [0.25, 0.3) is 0 Å². The van der Waals surface area contributed by atoms with Crippen LogP contribution in [0.4, 0.5) is 0 Å². The van der Waals surface area contributed by atoms with E-state index in [4.69, 9.17) is 23.2 Å². The minimum absolute atomic E-state index is 0.649. The van der Waals surface area contributed by atoms with Crippen LogP contribution in [0.5, 0.6) is 0 Å². The van der Waals surface area contributed by atoms with Crippen molar-refractivity contribution < 1.29 is 0 Å². The van der Waals surface area contributed by atoms with E-state index in [1.165, 1.54) is 0 Å². The largest absolute Gasteiger partial charge is 0.229 e. The van der Waals surface area contributed by atoms with Gasteiger partial charge >= 0.3 is 0 Å². The van der Waals surface area contributed by atoms with Gasteiger partial charge in [-0.25, -0.2) is 4.68 Å². The molecular formula is C11H12Cl2N4S. The summed E-state index contributed by atoms with van der Waals surface area (Å²) in [6.07, 6.45) is 0.996. The van der Waals surface area contributed by atoms with E-state index in [-0.39, 0.29) is 0 Å². The van der Waals surface area contributed by atoms with Crippen LogP contribution in [0, 0.1) is 0 Å². The lowest BCUT2D eigenvalue weighted by Crippen LogP contribution is -2.04. The number of aromatic nitrogens is 4. The van der Waals surface area contributed by atoms with Gasteiger partial charge in [0.25, 0.3) is 0 Å². The fourth-order valence-corrected chi connectivity index (χ4v) is 3.09. The van der Waals surface area contributed by atoms with Gasteiger partial charge < -0.3 is 0 Å². The van der Waals surface area contributed by atoms with Gasteiger partial charge in [0.05, 0.1) is 15.8 Å². The molecule has 1 heterocycles. The first-order valence-electron chi connectivity index (χ1n) is 5.54. The van der Waals surface area contributed by atoms with Crippen LogP contribution in [0.2, 0.25) is 10.0 Å². The van der Waals surface area contributed by atoms with E-state index in [0.29, 0.717) is 15.8 Å². The van der Waals surface area contributed by atoms with Crippen LogP contribution in [0.15, 0.2) is 23.1 Å². The summed E-state index contributed by atoms with van der Waals surface area (Å²) in [5.74, 6) is 1.48. The molecule has 4 nitrogen and oxygen atoms in total. The molecule has 2 rings (SSSR count). The lowest BCUT2D eigenvalue weighted by atomic mass is 10.4. The number of thioether (sulfide) groups is 1. The molecule has 0 aliphatic heterocycles. The van der Waals surface area contributed by atoms with Crippen molar-refractivity contribution in [1.29, 1.82) is 0 Å². The third-order valence-corrected chi connectivity index (χ3v) is 4.29. The van der Waals surface area contributed by atoms with Crippen molar-refractivity contribution in [3.63, 3.8) is 0 Å². The van der Waals surface area contributed by atoms with Crippen molar-refractivity contribution in [2.75, 3.05) is 0 Å². The number of halogens is 2. The summed E-state index contributed by atoms with van der Waals surface area (Å²) in [5.41, 5.74) is 0. The first-order chi connectivity index (χ1) is 8.72. The summed E-state index contributed by atoms with van der Waals surface area (Å²) in [7, 11) is 0. The third-order valence-electron chi connectivity index (χ3n) is 2.31. The molecule has 0 fully saturated rings. The average molecular weight is 303 g/mol. The second-order valence-electron chi connectivity index (χ2n) is 3.66. The fraction of sp³-hybridized carbons (Fsp3) is 0.364. The molecule has 2 aromatic rings. The van der Waals surface area contributed by atoms with Gasteiger partial charge in [-0.05, 0) is 29.0 Å². The van der Waals surface area contributed by atoms with Gasteiger partial charge in [0.2, 0.25) is 0 Å². The maximum absolute atomic E-state index is 6.11. The van der Waals surface area contributed by atoms with Crippen molar-refractivity contribution >= 4 is 35.0 Å². The van der Waals surface area contributed by atoms with Crippen molar-refractivity contribution in [3.8, 4) is 0 Å². The van der Waals surface area contributed by atoms with E-state index >= 15 is 0 Å². The standard InChI is InChI=1S/C11H12Cl2N4S/c1-2-6-17-10(14-15-16-17)7-18-11-8(12)4-3-5-9(11)13/h3-5H,2,6-7H2,1H3. The molecule has 18 heavy (non-hydrogen) atoms. The van der Waals surface area contributed by atoms with Crippen LogP contribution in [0.3, 0.4) is 0 Å². The quantitative estimate of drug-likeness (QED) is 0.790. The Kier molecular flexibility index (Phi) is 4.86. The number of hydrogen-bond acceptors (Lipinski definition) is 4. The number of rotatable bonds is 5. The highest BCUT2D eigenvalue weighted by Gasteiger charge is 2.10. The van der Waals surface area contributed by atoms with Crippen molar-refractivity contribution in [2.24, 2.45) is 0 Å². The zero-order valence-corrected chi connectivity index (χ0v) is 12.1. The molecule has 0 unspecified atom stereocenters. The lowest BCUT2D eigenvalue weighted by Gasteiger charge is -2.06. The lowest BCUT2D eigenvalue weighted by molar-refractivity contribution is 0.564. The number of benzene rings is 1. The summed E-state index contributed by atoms with van der Waals surface area (Å²) in [5, 5.41) is 12.9. The van der Waals surface area contributed by atoms with Crippen LogP contribution in [0.1, 0.15) is 19.2 Å². The van der Waals surface area contributed by atoms with Crippen molar-refractivity contribution in [1.82, 2.24) is 20.2 Å². The average Bonchev–Trinajstić information content (AvgIpc) is 2.77. The van der Waals surface area contributed by atoms with Crippen LogP contribution < -0.4 is 0 Å². The number of tetrazole rings is 1. The Balaban J connectivity index is 2.09. The Morgan fingerprint density at radius 3 is 2.67 bits per heavy atom. The van der Waals surface area contributed by atoms with E-state index < -0.39 is 0 Å². The number of hydrogen-bond donors (Lipinski definition) is 0. The molecule has 1 aromatic heterocycles. The third kappa shape index (κ3) is 3.16. The van der Waals surface area contributed by atoms with Gasteiger partial charge in [-0.1, -0.05) is 36.2 Å². The van der Waals surface area contributed by atoms with E-state index in [0.717, 1.165) is 23.7 Å². The summed E-state index contributed by atoms with van der Waals surface area (Å²) in [6.45, 7) is 2.91. The van der Waals surface area contributed by atoms with Gasteiger partial charge in [-0.15, -0.1) is 16.9 Å². The molecule has 96 valence electrons. The van der Waals surface area contributed by atoms with Gasteiger partial charge in [0.1, 0.15) is 0 Å². The Morgan fingerprint density at radius 1 is 1.28 bits per heavy atom. The number of nitrogens with zero attached hydrogens (tertiary/aromatic N) is 4. The maximum atomic E-state index is 6.11. The fourth-order valence-electron chi connectivity index (χ4n) is 1.47. The zero-order valence-electron chi connectivity index (χ0n) is 9.81. The van der Waals surface area contributed by atoms with Crippen molar-refractivity contribution in [2.45, 2.75) is 30.5 Å². The van der Waals surface area contributed by atoms with Gasteiger partial charge in [0.15, 0.2) is 5.82 Å². The monoisotopic (exact) mass is 302 g/mol. The van der Waals surface area contributed by atoms with Gasteiger partial charge in [-0.2, -0.15) is 0 Å². The van der Waals surface area contributed by atoms with Crippen LogP contribution >= 0.6 is 35.0 Å². The second-order valence-corrected chi connectivity index (χ2v) is 5.46. The van der Waals surface area contributed by atoms with Gasteiger partial charge in [-0.3, -0.25) is 0 Å². The zero-order chi connectivity index (χ0) is 13.0. The smallest absolute Gasteiger partial charge is 0.161 e. The summed E-state index contributed by atoms with van der Waals surface area (Å²) in [6, 6.07) is 5.48. The predicted octanol–water partition coefficient (Wildman–Crippen LogP) is 3.68. The van der Waals surface area contributed by atoms with Crippen LogP contribution in [-0.4, -0.2) is 20.2 Å². The summed E-state index contributed by atoms with van der Waals surface area (Å²) in [4.78, 5) is 0.867. The van der Waals surface area contributed by atoms with Gasteiger partial charge in [0, 0.05) is 11.4 Å². The highest BCUT2D eigenvalue weighted by atomic mass is 35.5. The Hall–Kier alpha value is -0.780. The van der Waals surface area contributed by atoms with E-state index in [9.17, 15) is 0 Å². The highest BCUT2D eigenvalue weighted by Crippen LogP contribution is 2.35. The molecule has 0 atom stereocenters. The summed E-state index contributed by atoms with van der Waals surface area (Å²) < 4.78 is 1.80. The normalized spacial score (nSPS) is 10.8. The highest BCUT2D eigenvalue weighted by molar-refractivity contribution is 7.98. The molecule has 0 bridgehead atoms. The Labute approximate surface area is 120 Å². The molecule has 0 amide bonds. The molecule has 0 aliphatic rings.